The summed E-state index contributed by atoms with van der Waals surface area (Å²) in [6, 6.07) is -0.332. The van der Waals surface area contributed by atoms with Gasteiger partial charge in [-0.15, -0.1) is 0 Å². The maximum Gasteiger partial charge on any atom is 0.312 e. The lowest BCUT2D eigenvalue weighted by molar-refractivity contribution is -0.317. The number of hydrogen-bond acceptors (Lipinski definition) is 15. The van der Waals surface area contributed by atoms with E-state index >= 15 is 0 Å². The molecule has 0 bridgehead atoms. The molecule has 15 heteroatoms. The first-order chi connectivity index (χ1) is 24.0. The molecule has 3 fully saturated rings. The number of carbonyl (C=O) groups excluding carboxylic acids is 1. The van der Waals surface area contributed by atoms with Crippen molar-refractivity contribution in [1.29, 1.82) is 0 Å². The topological polar surface area (TPSA) is 209 Å². The summed E-state index contributed by atoms with van der Waals surface area (Å²) in [6.07, 6.45) is -8.93. The van der Waals surface area contributed by atoms with Gasteiger partial charge in [-0.2, -0.15) is 0 Å². The van der Waals surface area contributed by atoms with Crippen molar-refractivity contribution in [3.63, 3.8) is 0 Å². The third-order valence-electron chi connectivity index (χ3n) is 11.7. The molecule has 0 radical (unpaired) electrons. The number of methoxy groups -OCH3 is 1. The fraction of sp³-hybridized carbons (Fsp3) is 0.892. The molecule has 52 heavy (non-hydrogen) atoms. The Bertz CT molecular complexity index is 1230. The number of carbonyl (C=O) groups is 1. The van der Waals surface area contributed by atoms with Crippen LogP contribution < -0.4 is 0 Å². The number of aliphatic hydroxyl groups excluding tert-OH is 3. The van der Waals surface area contributed by atoms with E-state index in [0.29, 0.717) is 6.42 Å². The van der Waals surface area contributed by atoms with E-state index in [2.05, 4.69) is 11.7 Å². The van der Waals surface area contributed by atoms with Crippen molar-refractivity contribution in [2.45, 2.75) is 166 Å². The van der Waals surface area contributed by atoms with Crippen LogP contribution in [0.4, 0.5) is 0 Å². The van der Waals surface area contributed by atoms with Crippen molar-refractivity contribution in [2.75, 3.05) is 21.2 Å². The molecule has 0 aromatic heterocycles. The smallest absolute Gasteiger partial charge is 0.312 e. The summed E-state index contributed by atoms with van der Waals surface area (Å²) in [5.41, 5.74) is -4.86. The number of nitrogens with zero attached hydrogens (tertiary/aromatic N) is 2. The van der Waals surface area contributed by atoms with Crippen LogP contribution >= 0.6 is 0 Å². The molecule has 0 saturated carbocycles. The molecule has 0 aliphatic carbocycles. The Labute approximate surface area is 308 Å². The van der Waals surface area contributed by atoms with Crippen molar-refractivity contribution in [2.24, 2.45) is 28.8 Å². The molecule has 18 atom stereocenters. The maximum absolute atomic E-state index is 14.1. The Kier molecular flexibility index (Phi) is 14.9. The molecule has 3 aliphatic rings. The monoisotopic (exact) mass is 746 g/mol. The number of rotatable bonds is 7. The first-order valence-electron chi connectivity index (χ1n) is 18.3. The van der Waals surface area contributed by atoms with Gasteiger partial charge in [0.25, 0.3) is 0 Å². The average Bonchev–Trinajstić information content (AvgIpc) is 3.06. The van der Waals surface area contributed by atoms with E-state index in [4.69, 9.17) is 28.4 Å². The van der Waals surface area contributed by atoms with Crippen LogP contribution in [0.5, 0.6) is 0 Å². The predicted octanol–water partition coefficient (Wildman–Crippen LogP) is 1.82. The second-order valence-corrected chi connectivity index (χ2v) is 16.4. The Balaban J connectivity index is 2.22. The van der Waals surface area contributed by atoms with Crippen LogP contribution in [0.1, 0.15) is 81.6 Å². The Morgan fingerprint density at radius 3 is 2.10 bits per heavy atom. The summed E-state index contributed by atoms with van der Waals surface area (Å²) in [5, 5.41) is 71.6. The van der Waals surface area contributed by atoms with Crippen LogP contribution in [0.15, 0.2) is 17.8 Å². The van der Waals surface area contributed by atoms with Crippen molar-refractivity contribution >= 4 is 11.7 Å². The highest BCUT2D eigenvalue weighted by molar-refractivity contribution is 5.88. The molecule has 3 aliphatic heterocycles. The second kappa shape index (κ2) is 17.4. The molecular weight excluding hydrogens is 680 g/mol. The van der Waals surface area contributed by atoms with E-state index in [1.54, 1.807) is 41.5 Å². The Morgan fingerprint density at radius 1 is 0.942 bits per heavy atom. The third kappa shape index (κ3) is 9.36. The van der Waals surface area contributed by atoms with Crippen LogP contribution in [0.25, 0.3) is 0 Å². The van der Waals surface area contributed by atoms with Crippen LogP contribution in [0, 0.1) is 23.7 Å². The first-order valence-corrected chi connectivity index (χ1v) is 18.3. The Hall–Kier alpha value is -1.76. The minimum atomic E-state index is -2.08. The van der Waals surface area contributed by atoms with Gasteiger partial charge in [0, 0.05) is 37.3 Å². The lowest BCUT2D eigenvalue weighted by Crippen LogP contribution is -2.61. The van der Waals surface area contributed by atoms with E-state index in [1.165, 1.54) is 27.0 Å². The molecule has 0 aromatic carbocycles. The molecule has 0 amide bonds. The third-order valence-corrected chi connectivity index (χ3v) is 11.7. The minimum absolute atomic E-state index is 0.0732. The molecule has 0 spiro atoms. The lowest BCUT2D eigenvalue weighted by Gasteiger charge is -2.49. The van der Waals surface area contributed by atoms with E-state index < -0.39 is 102 Å². The average molecular weight is 747 g/mol. The summed E-state index contributed by atoms with van der Waals surface area (Å²) >= 11 is 0. The lowest BCUT2D eigenvalue weighted by atomic mass is 9.74. The van der Waals surface area contributed by atoms with E-state index in [-0.39, 0.29) is 30.7 Å². The maximum atomic E-state index is 14.1. The molecule has 6 N–H and O–H groups in total. The summed E-state index contributed by atoms with van der Waals surface area (Å²) in [4.78, 5) is 16.0. The normalized spacial score (nSPS) is 49.7. The first kappa shape index (κ1) is 44.6. The van der Waals surface area contributed by atoms with E-state index in [0.717, 1.165) is 0 Å². The number of likely N-dealkylation sites (N-methyl/N-ethyl adjacent to an activating group) is 1. The molecule has 3 heterocycles. The van der Waals surface area contributed by atoms with Gasteiger partial charge in [-0.05, 0) is 74.6 Å². The molecule has 3 rings (SSSR count). The molecule has 0 aromatic rings. The highest BCUT2D eigenvalue weighted by atomic mass is 16.7. The van der Waals surface area contributed by atoms with Crippen LogP contribution in [-0.4, -0.2) is 153 Å². The van der Waals surface area contributed by atoms with Gasteiger partial charge in [0.05, 0.1) is 53.4 Å². The Morgan fingerprint density at radius 2 is 1.56 bits per heavy atom. The molecule has 3 saturated heterocycles. The van der Waals surface area contributed by atoms with Gasteiger partial charge in [0.2, 0.25) is 0 Å². The number of oxime groups is 1. The van der Waals surface area contributed by atoms with Gasteiger partial charge in [0.1, 0.15) is 17.8 Å². The molecule has 0 unspecified atom stereocenters. The zero-order chi connectivity index (χ0) is 39.7. The zero-order valence-corrected chi connectivity index (χ0v) is 33.0. The minimum Gasteiger partial charge on any atom is -0.455 e. The fourth-order valence-electron chi connectivity index (χ4n) is 8.36. The highest BCUT2D eigenvalue weighted by Crippen LogP contribution is 2.40. The molecular formula is C37H66N2O13. The largest absolute Gasteiger partial charge is 0.455 e. The second-order valence-electron chi connectivity index (χ2n) is 16.4. The van der Waals surface area contributed by atoms with Crippen molar-refractivity contribution in [3.05, 3.63) is 12.7 Å². The summed E-state index contributed by atoms with van der Waals surface area (Å²) < 4.78 is 37.0. The summed E-state index contributed by atoms with van der Waals surface area (Å²) in [5.74, 6) is -4.46. The van der Waals surface area contributed by atoms with Crippen LogP contribution in [0.3, 0.4) is 0 Å². The van der Waals surface area contributed by atoms with Gasteiger partial charge in [-0.3, -0.25) is 4.79 Å². The number of esters is 1. The summed E-state index contributed by atoms with van der Waals surface area (Å²) in [6.45, 7) is 18.4. The number of ether oxygens (including phenoxy) is 6. The zero-order valence-electron chi connectivity index (χ0n) is 33.0. The standard InChI is InChI=1S/C37H66N2O13/c1-14-25-37(10,45)30(41)20(4)27(38-46)18(2)16-35(8,44)32(52-34-28(40)24(39(11)12)15-19(3)48-34)21(5)29(22(6)33(43)50-25)51-26-17-36(9,47-13)31(42)23(7)49-26/h14,18-26,28-32,34,40-42,44-46H,1,15-17H2,2-13H3/b38-27+/t18-,19-,20+,21+,22-,23+,24+,25-,26+,28-,29+,30-,31+,32-,34+,35-,36-,37-/m1/s1. The fourth-order valence-corrected chi connectivity index (χ4v) is 8.36. The quantitative estimate of drug-likeness (QED) is 0.0951. The number of aliphatic hydroxyl groups is 5. The van der Waals surface area contributed by atoms with E-state index in [9.17, 15) is 35.5 Å². The summed E-state index contributed by atoms with van der Waals surface area (Å²) in [7, 11) is 5.16. The molecule has 15 nitrogen and oxygen atoms in total. The predicted molar refractivity (Wildman–Crippen MR) is 190 cm³/mol. The number of hydrogen-bond donors (Lipinski definition) is 6. The highest BCUT2D eigenvalue weighted by Gasteiger charge is 2.53. The van der Waals surface area contributed by atoms with Crippen molar-refractivity contribution in [3.8, 4) is 0 Å². The SMILES string of the molecule is C=C[C@H]1OC(=O)[C@H](C)[C@@H](O[C@H]2C[C@@](C)(OC)[C@@H](O)[C@H](C)O2)[C@H](C)[C@@H](O[C@@H]2O[C@H](C)C[C@H](N(C)C)[C@H]2O)[C@](C)(O)C[C@@H](C)/C(=N\O)[C@H](C)[C@@H](O)[C@]1(C)O. The van der Waals surface area contributed by atoms with Crippen molar-refractivity contribution in [1.82, 2.24) is 4.90 Å². The van der Waals surface area contributed by atoms with Gasteiger partial charge in [0.15, 0.2) is 18.7 Å². The van der Waals surface area contributed by atoms with Crippen LogP contribution in [0.2, 0.25) is 0 Å². The van der Waals surface area contributed by atoms with E-state index in [1.807, 2.05) is 25.9 Å². The number of cyclic esters (lactones) is 1. The van der Waals surface area contributed by atoms with Gasteiger partial charge >= 0.3 is 5.97 Å². The molecule has 302 valence electrons. The van der Waals surface area contributed by atoms with Gasteiger partial charge < -0.3 is 64.1 Å². The van der Waals surface area contributed by atoms with Gasteiger partial charge in [-0.1, -0.05) is 32.5 Å². The van der Waals surface area contributed by atoms with Crippen LogP contribution in [-0.2, 0) is 33.2 Å². The van der Waals surface area contributed by atoms with Gasteiger partial charge in [-0.25, -0.2) is 0 Å². The van der Waals surface area contributed by atoms with Crippen molar-refractivity contribution < 1.29 is 64.0 Å².